The molecule has 1 saturated carbocycles. The maximum absolute atomic E-state index is 5.14. The van der Waals surface area contributed by atoms with Gasteiger partial charge < -0.3 is 10.1 Å². The van der Waals surface area contributed by atoms with E-state index in [1.54, 1.807) is 0 Å². The van der Waals surface area contributed by atoms with Gasteiger partial charge in [0.1, 0.15) is 0 Å². The molecule has 2 nitrogen and oxygen atoms in total. The molecule has 2 aliphatic rings. The molecule has 0 aromatic rings. The van der Waals surface area contributed by atoms with Crippen LogP contribution in [0.25, 0.3) is 0 Å². The molecule has 2 rings (SSSR count). The first-order valence-electron chi connectivity index (χ1n) is 4.80. The normalized spacial score (nSPS) is 32.2. The molecule has 2 fully saturated rings. The van der Waals surface area contributed by atoms with Crippen molar-refractivity contribution in [3.8, 4) is 0 Å². The lowest BCUT2D eigenvalue weighted by Crippen LogP contribution is -2.33. The van der Waals surface area contributed by atoms with Crippen LogP contribution in [0.1, 0.15) is 32.1 Å². The number of nitrogens with one attached hydrogen (secondary N) is 1. The largest absolute Gasteiger partial charge is 0.372 e. The van der Waals surface area contributed by atoms with E-state index in [1.165, 1.54) is 32.1 Å². The van der Waals surface area contributed by atoms with Crippen molar-refractivity contribution in [1.29, 1.82) is 0 Å². The molecule has 0 aromatic heterocycles. The second-order valence-corrected chi connectivity index (χ2v) is 3.70. The second-order valence-electron chi connectivity index (χ2n) is 3.70. The molecule has 64 valence electrons. The summed E-state index contributed by atoms with van der Waals surface area (Å²) in [5.41, 5.74) is 0. The molecule has 1 N–H and O–H groups in total. The van der Waals surface area contributed by atoms with E-state index in [2.05, 4.69) is 5.32 Å². The van der Waals surface area contributed by atoms with Gasteiger partial charge in [-0.25, -0.2) is 0 Å². The Labute approximate surface area is 68.3 Å². The van der Waals surface area contributed by atoms with Crippen LogP contribution >= 0.6 is 0 Å². The quantitative estimate of drug-likeness (QED) is 0.621. The zero-order valence-corrected chi connectivity index (χ0v) is 7.01. The van der Waals surface area contributed by atoms with Crippen molar-refractivity contribution >= 4 is 0 Å². The van der Waals surface area contributed by atoms with Gasteiger partial charge in [0.2, 0.25) is 0 Å². The van der Waals surface area contributed by atoms with Crippen LogP contribution in [0.15, 0.2) is 0 Å². The predicted molar refractivity (Wildman–Crippen MR) is 44.6 cm³/mol. The number of hydrogen-bond acceptors (Lipinski definition) is 2. The predicted octanol–water partition coefficient (Wildman–Crippen LogP) is 1.31. The summed E-state index contributed by atoms with van der Waals surface area (Å²) < 4.78 is 5.14. The summed E-state index contributed by atoms with van der Waals surface area (Å²) in [7, 11) is 0. The first-order chi connectivity index (χ1) is 5.45. The lowest BCUT2D eigenvalue weighted by molar-refractivity contribution is 0.341. The first kappa shape index (κ1) is 7.56. The summed E-state index contributed by atoms with van der Waals surface area (Å²) in [6.07, 6.45) is 7.60. The van der Waals surface area contributed by atoms with Crippen LogP contribution in [0, 0.1) is 0 Å². The van der Waals surface area contributed by atoms with Crippen molar-refractivity contribution in [3.63, 3.8) is 0 Å². The van der Waals surface area contributed by atoms with E-state index in [0.717, 1.165) is 19.2 Å². The number of epoxide rings is 1. The summed E-state index contributed by atoms with van der Waals surface area (Å²) in [6, 6.07) is 0.799. The Hall–Kier alpha value is -0.0800. The Morgan fingerprint density at radius 2 is 1.91 bits per heavy atom. The maximum atomic E-state index is 5.14. The summed E-state index contributed by atoms with van der Waals surface area (Å²) in [4.78, 5) is 0. The van der Waals surface area contributed by atoms with Crippen LogP contribution < -0.4 is 5.32 Å². The van der Waals surface area contributed by atoms with Gasteiger partial charge >= 0.3 is 0 Å². The number of ether oxygens (including phenoxy) is 1. The van der Waals surface area contributed by atoms with E-state index >= 15 is 0 Å². The Morgan fingerprint density at radius 3 is 2.55 bits per heavy atom. The third kappa shape index (κ3) is 2.46. The molecule has 0 aromatic carbocycles. The van der Waals surface area contributed by atoms with E-state index < -0.39 is 0 Å². The summed E-state index contributed by atoms with van der Waals surface area (Å²) in [6.45, 7) is 2.07. The number of hydrogen-bond donors (Lipinski definition) is 1. The first-order valence-corrected chi connectivity index (χ1v) is 4.80. The van der Waals surface area contributed by atoms with Crippen LogP contribution in [0.2, 0.25) is 0 Å². The molecule has 0 spiro atoms. The van der Waals surface area contributed by atoms with Gasteiger partial charge in [0.05, 0.1) is 12.7 Å². The summed E-state index contributed by atoms with van der Waals surface area (Å²) >= 11 is 0. The highest BCUT2D eigenvalue weighted by atomic mass is 16.6. The molecule has 1 aliphatic heterocycles. The zero-order valence-electron chi connectivity index (χ0n) is 7.01. The van der Waals surface area contributed by atoms with Gasteiger partial charge in [-0.2, -0.15) is 0 Å². The van der Waals surface area contributed by atoms with E-state index in [0.29, 0.717) is 6.10 Å². The van der Waals surface area contributed by atoms with Crippen molar-refractivity contribution in [2.75, 3.05) is 13.2 Å². The SMILES string of the molecule is C1CCC(NC[C@H]2CO2)CC1. The van der Waals surface area contributed by atoms with Gasteiger partial charge in [-0.3, -0.25) is 0 Å². The molecule has 11 heavy (non-hydrogen) atoms. The number of rotatable bonds is 3. The second kappa shape index (κ2) is 3.55. The van der Waals surface area contributed by atoms with Crippen LogP contribution in [0.5, 0.6) is 0 Å². The average molecular weight is 155 g/mol. The maximum Gasteiger partial charge on any atom is 0.0934 e. The van der Waals surface area contributed by atoms with Crippen molar-refractivity contribution in [1.82, 2.24) is 5.32 Å². The third-order valence-corrected chi connectivity index (χ3v) is 2.64. The van der Waals surface area contributed by atoms with Gasteiger partial charge in [-0.1, -0.05) is 19.3 Å². The smallest absolute Gasteiger partial charge is 0.0934 e. The zero-order chi connectivity index (χ0) is 7.52. The van der Waals surface area contributed by atoms with E-state index in [9.17, 15) is 0 Å². The minimum Gasteiger partial charge on any atom is -0.372 e. The van der Waals surface area contributed by atoms with Crippen molar-refractivity contribution in [3.05, 3.63) is 0 Å². The highest BCUT2D eigenvalue weighted by Gasteiger charge is 2.23. The molecule has 1 saturated heterocycles. The van der Waals surface area contributed by atoms with E-state index in [-0.39, 0.29) is 0 Å². The Morgan fingerprint density at radius 1 is 1.18 bits per heavy atom. The molecule has 0 amide bonds. The van der Waals surface area contributed by atoms with Gasteiger partial charge in [0, 0.05) is 12.6 Å². The van der Waals surface area contributed by atoms with Crippen LogP contribution in [-0.4, -0.2) is 25.3 Å². The standard InChI is InChI=1S/C9H17NO/c1-2-4-8(5-3-1)10-6-9-7-11-9/h8-10H,1-7H2/t9-/m0/s1. The summed E-state index contributed by atoms with van der Waals surface area (Å²) in [5, 5.41) is 3.56. The topological polar surface area (TPSA) is 24.6 Å². The van der Waals surface area contributed by atoms with Crippen LogP contribution in [0.3, 0.4) is 0 Å². The van der Waals surface area contributed by atoms with Crippen molar-refractivity contribution in [2.24, 2.45) is 0 Å². The molecule has 1 atom stereocenters. The molecular weight excluding hydrogens is 138 g/mol. The Bertz CT molecular complexity index is 117. The molecule has 0 radical (unpaired) electrons. The average Bonchev–Trinajstić information content (AvgIpc) is 2.86. The fourth-order valence-electron chi connectivity index (χ4n) is 1.79. The Kier molecular flexibility index (Phi) is 2.44. The van der Waals surface area contributed by atoms with Crippen molar-refractivity contribution in [2.45, 2.75) is 44.2 Å². The van der Waals surface area contributed by atoms with Crippen LogP contribution in [0.4, 0.5) is 0 Å². The fraction of sp³-hybridized carbons (Fsp3) is 1.00. The minimum absolute atomic E-state index is 0.553. The molecule has 2 heteroatoms. The molecule has 1 heterocycles. The minimum atomic E-state index is 0.553. The molecule has 0 bridgehead atoms. The van der Waals surface area contributed by atoms with E-state index in [1.807, 2.05) is 0 Å². The van der Waals surface area contributed by atoms with Gasteiger partial charge in [0.25, 0.3) is 0 Å². The lowest BCUT2D eigenvalue weighted by atomic mass is 9.95. The molecular formula is C9H17NO. The highest BCUT2D eigenvalue weighted by Crippen LogP contribution is 2.18. The monoisotopic (exact) mass is 155 g/mol. The van der Waals surface area contributed by atoms with Gasteiger partial charge in [-0.15, -0.1) is 0 Å². The lowest BCUT2D eigenvalue weighted by Gasteiger charge is -2.22. The van der Waals surface area contributed by atoms with Gasteiger partial charge in [0.15, 0.2) is 0 Å². The Balaban J connectivity index is 1.59. The molecule has 0 unspecified atom stereocenters. The highest BCUT2D eigenvalue weighted by molar-refractivity contribution is 4.77. The summed E-state index contributed by atoms with van der Waals surface area (Å²) in [5.74, 6) is 0. The molecule has 1 aliphatic carbocycles. The van der Waals surface area contributed by atoms with E-state index in [4.69, 9.17) is 4.74 Å². The van der Waals surface area contributed by atoms with Crippen molar-refractivity contribution < 1.29 is 4.74 Å². The third-order valence-electron chi connectivity index (χ3n) is 2.64. The van der Waals surface area contributed by atoms with Gasteiger partial charge in [-0.05, 0) is 12.8 Å². The fourth-order valence-corrected chi connectivity index (χ4v) is 1.79. The van der Waals surface area contributed by atoms with Crippen LogP contribution in [-0.2, 0) is 4.74 Å².